The monoisotopic (exact) mass is 464 g/mol. The van der Waals surface area contributed by atoms with Gasteiger partial charge in [0.1, 0.15) is 17.2 Å². The molecule has 0 amide bonds. The van der Waals surface area contributed by atoms with Gasteiger partial charge in [-0.1, -0.05) is 22.0 Å². The zero-order valence-corrected chi connectivity index (χ0v) is 18.8. The van der Waals surface area contributed by atoms with Gasteiger partial charge in [-0.2, -0.15) is 0 Å². The second kappa shape index (κ2) is 9.24. The standard InChI is InChI=1S/C22H26BrFN2O3/c1-5-26(3)14-25-20-10-21(27-4)18(8-15(20)2)22(12-28-13-22)29-11-16-6-7-17(24)9-19(16)23/h6-10,14H,5,11-13H2,1-4H3. The van der Waals surface area contributed by atoms with Crippen LogP contribution in [0.5, 0.6) is 5.75 Å². The summed E-state index contributed by atoms with van der Waals surface area (Å²) >= 11 is 3.40. The first kappa shape index (κ1) is 21.7. The molecule has 0 atom stereocenters. The van der Waals surface area contributed by atoms with E-state index in [0.29, 0.717) is 30.0 Å². The molecule has 0 spiro atoms. The number of hydrogen-bond donors (Lipinski definition) is 0. The quantitative estimate of drug-likeness (QED) is 0.409. The minimum Gasteiger partial charge on any atom is -0.496 e. The molecule has 0 aliphatic carbocycles. The molecule has 1 aliphatic rings. The van der Waals surface area contributed by atoms with Crippen molar-refractivity contribution >= 4 is 28.0 Å². The second-order valence-corrected chi connectivity index (χ2v) is 8.02. The Hall–Kier alpha value is -1.96. The molecule has 1 heterocycles. The van der Waals surface area contributed by atoms with Crippen molar-refractivity contribution in [1.29, 1.82) is 0 Å². The molecular weight excluding hydrogens is 439 g/mol. The first-order chi connectivity index (χ1) is 13.9. The summed E-state index contributed by atoms with van der Waals surface area (Å²) in [6, 6.07) is 8.57. The molecule has 2 aromatic carbocycles. The number of ether oxygens (including phenoxy) is 3. The second-order valence-electron chi connectivity index (χ2n) is 7.17. The molecule has 0 bridgehead atoms. The summed E-state index contributed by atoms with van der Waals surface area (Å²) in [7, 11) is 3.62. The lowest BCUT2D eigenvalue weighted by molar-refractivity contribution is -0.223. The molecule has 5 nitrogen and oxygen atoms in total. The summed E-state index contributed by atoms with van der Waals surface area (Å²) in [4.78, 5) is 6.58. The fourth-order valence-corrected chi connectivity index (χ4v) is 3.51. The van der Waals surface area contributed by atoms with Crippen LogP contribution >= 0.6 is 15.9 Å². The summed E-state index contributed by atoms with van der Waals surface area (Å²) < 4.78 is 31.5. The third-order valence-corrected chi connectivity index (χ3v) is 5.83. The Morgan fingerprint density at radius 1 is 1.31 bits per heavy atom. The number of aliphatic imine (C=N–C) groups is 1. The molecule has 156 valence electrons. The largest absolute Gasteiger partial charge is 0.496 e. The van der Waals surface area contributed by atoms with Gasteiger partial charge < -0.3 is 19.1 Å². The minimum atomic E-state index is -0.605. The predicted octanol–water partition coefficient (Wildman–Crippen LogP) is 4.96. The molecule has 2 aromatic rings. The van der Waals surface area contributed by atoms with E-state index in [0.717, 1.165) is 28.9 Å². The molecule has 0 unspecified atom stereocenters. The van der Waals surface area contributed by atoms with Crippen LogP contribution in [0.4, 0.5) is 10.1 Å². The lowest BCUT2D eigenvalue weighted by atomic mass is 9.89. The summed E-state index contributed by atoms with van der Waals surface area (Å²) in [5.41, 5.74) is 3.08. The molecule has 1 fully saturated rings. The van der Waals surface area contributed by atoms with Crippen LogP contribution in [0.1, 0.15) is 23.6 Å². The van der Waals surface area contributed by atoms with Crippen molar-refractivity contribution in [3.8, 4) is 5.75 Å². The van der Waals surface area contributed by atoms with Gasteiger partial charge >= 0.3 is 0 Å². The number of rotatable bonds is 8. The maximum Gasteiger partial charge on any atom is 0.143 e. The van der Waals surface area contributed by atoms with E-state index in [1.165, 1.54) is 12.1 Å². The van der Waals surface area contributed by atoms with Crippen LogP contribution in [0.2, 0.25) is 0 Å². The molecule has 0 N–H and O–H groups in total. The average molecular weight is 465 g/mol. The first-order valence-electron chi connectivity index (χ1n) is 9.47. The molecule has 0 saturated carbocycles. The molecule has 0 radical (unpaired) electrons. The van der Waals surface area contributed by atoms with E-state index in [-0.39, 0.29) is 5.82 Å². The van der Waals surface area contributed by atoms with Crippen molar-refractivity contribution in [3.63, 3.8) is 0 Å². The van der Waals surface area contributed by atoms with Crippen LogP contribution in [-0.4, -0.2) is 45.2 Å². The normalized spacial score (nSPS) is 15.4. The SMILES string of the molecule is CCN(C)C=Nc1cc(OC)c(C2(OCc3ccc(F)cc3Br)COC2)cc1C. The topological polar surface area (TPSA) is 43.3 Å². The summed E-state index contributed by atoms with van der Waals surface area (Å²) in [6.45, 7) is 6.16. The van der Waals surface area contributed by atoms with Gasteiger partial charge in [-0.05, 0) is 43.2 Å². The molecular formula is C22H26BrFN2O3. The first-order valence-corrected chi connectivity index (χ1v) is 10.3. The van der Waals surface area contributed by atoms with Crippen LogP contribution in [-0.2, 0) is 21.7 Å². The molecule has 3 rings (SSSR count). The Morgan fingerprint density at radius 2 is 2.07 bits per heavy atom. The molecule has 1 saturated heterocycles. The van der Waals surface area contributed by atoms with Gasteiger partial charge in [0.2, 0.25) is 0 Å². The highest BCUT2D eigenvalue weighted by Crippen LogP contribution is 2.42. The summed E-state index contributed by atoms with van der Waals surface area (Å²) in [6.07, 6.45) is 1.81. The summed E-state index contributed by atoms with van der Waals surface area (Å²) in [5, 5.41) is 0. The number of aryl methyl sites for hydroxylation is 1. The van der Waals surface area contributed by atoms with E-state index in [9.17, 15) is 4.39 Å². The van der Waals surface area contributed by atoms with Crippen molar-refractivity contribution in [2.24, 2.45) is 4.99 Å². The lowest BCUT2D eigenvalue weighted by Gasteiger charge is -2.42. The Morgan fingerprint density at radius 3 is 2.66 bits per heavy atom. The third kappa shape index (κ3) is 4.79. The van der Waals surface area contributed by atoms with Gasteiger partial charge in [-0.25, -0.2) is 9.38 Å². The molecule has 7 heteroatoms. The van der Waals surface area contributed by atoms with E-state index < -0.39 is 5.60 Å². The Labute approximate surface area is 179 Å². The van der Waals surface area contributed by atoms with E-state index in [1.54, 1.807) is 13.2 Å². The Balaban J connectivity index is 1.88. The number of benzene rings is 2. The van der Waals surface area contributed by atoms with E-state index in [4.69, 9.17) is 14.2 Å². The highest BCUT2D eigenvalue weighted by atomic mass is 79.9. The fraction of sp³-hybridized carbons (Fsp3) is 0.409. The van der Waals surface area contributed by atoms with Crippen molar-refractivity contribution in [2.75, 3.05) is 33.9 Å². The Kier molecular flexibility index (Phi) is 6.93. The van der Waals surface area contributed by atoms with Gasteiger partial charge in [-0.3, -0.25) is 0 Å². The average Bonchev–Trinajstić information content (AvgIpc) is 2.67. The number of hydrogen-bond acceptors (Lipinski definition) is 4. The zero-order chi connectivity index (χ0) is 21.0. The number of nitrogens with zero attached hydrogens (tertiary/aromatic N) is 2. The third-order valence-electron chi connectivity index (χ3n) is 5.09. The van der Waals surface area contributed by atoms with Crippen LogP contribution < -0.4 is 4.74 Å². The Bertz CT molecular complexity index is 900. The van der Waals surface area contributed by atoms with Gasteiger partial charge in [0.05, 0.1) is 39.0 Å². The van der Waals surface area contributed by atoms with Crippen molar-refractivity contribution in [1.82, 2.24) is 4.90 Å². The van der Waals surface area contributed by atoms with Crippen molar-refractivity contribution in [3.05, 3.63) is 57.3 Å². The van der Waals surface area contributed by atoms with E-state index in [1.807, 2.05) is 31.3 Å². The smallest absolute Gasteiger partial charge is 0.143 e. The van der Waals surface area contributed by atoms with Crippen molar-refractivity contribution in [2.45, 2.75) is 26.1 Å². The van der Waals surface area contributed by atoms with Gasteiger partial charge in [-0.15, -0.1) is 0 Å². The predicted molar refractivity (Wildman–Crippen MR) is 116 cm³/mol. The van der Waals surface area contributed by atoms with Gasteiger partial charge in [0, 0.05) is 29.7 Å². The van der Waals surface area contributed by atoms with Crippen LogP contribution in [0, 0.1) is 12.7 Å². The van der Waals surface area contributed by atoms with Crippen LogP contribution in [0.15, 0.2) is 39.8 Å². The van der Waals surface area contributed by atoms with Crippen LogP contribution in [0.25, 0.3) is 0 Å². The highest BCUT2D eigenvalue weighted by Gasteiger charge is 2.44. The lowest BCUT2D eigenvalue weighted by Crippen LogP contribution is -2.49. The minimum absolute atomic E-state index is 0.288. The maximum absolute atomic E-state index is 13.4. The van der Waals surface area contributed by atoms with Crippen LogP contribution in [0.3, 0.4) is 0 Å². The van der Waals surface area contributed by atoms with E-state index in [2.05, 4.69) is 33.9 Å². The van der Waals surface area contributed by atoms with E-state index >= 15 is 0 Å². The van der Waals surface area contributed by atoms with Crippen molar-refractivity contribution < 1.29 is 18.6 Å². The zero-order valence-electron chi connectivity index (χ0n) is 17.2. The van der Waals surface area contributed by atoms with Gasteiger partial charge in [0.15, 0.2) is 0 Å². The fourth-order valence-electron chi connectivity index (χ4n) is 3.04. The highest BCUT2D eigenvalue weighted by molar-refractivity contribution is 9.10. The summed E-state index contributed by atoms with van der Waals surface area (Å²) in [5.74, 6) is 0.424. The molecule has 0 aromatic heterocycles. The molecule has 29 heavy (non-hydrogen) atoms. The number of methoxy groups -OCH3 is 1. The molecule has 1 aliphatic heterocycles. The van der Waals surface area contributed by atoms with Gasteiger partial charge in [0.25, 0.3) is 0 Å². The number of halogens is 2. The maximum atomic E-state index is 13.4.